The summed E-state index contributed by atoms with van der Waals surface area (Å²) in [4.78, 5) is 14.2. The predicted octanol–water partition coefficient (Wildman–Crippen LogP) is 0.391. The van der Waals surface area contributed by atoms with Crippen molar-refractivity contribution in [1.29, 1.82) is 0 Å². The number of hydrogen-bond acceptors (Lipinski definition) is 5. The van der Waals surface area contributed by atoms with E-state index in [4.69, 9.17) is 4.74 Å². The Bertz CT molecular complexity index is 444. The van der Waals surface area contributed by atoms with Gasteiger partial charge in [0.25, 0.3) is 0 Å². The van der Waals surface area contributed by atoms with E-state index in [9.17, 15) is 4.79 Å². The molecule has 106 valence electrons. The van der Waals surface area contributed by atoms with Crippen molar-refractivity contribution in [3.05, 3.63) is 17.5 Å². The molecule has 1 aliphatic heterocycles. The highest BCUT2D eigenvalue weighted by Crippen LogP contribution is 2.13. The topological polar surface area (TPSA) is 59.4 Å². The Labute approximate surface area is 113 Å². The number of rotatable bonds is 4. The molecular formula is C13H22N4O2. The van der Waals surface area contributed by atoms with Crippen molar-refractivity contribution in [2.75, 3.05) is 26.2 Å². The molecule has 1 N–H and O–H groups in total. The van der Waals surface area contributed by atoms with Gasteiger partial charge >= 0.3 is 5.97 Å². The maximum Gasteiger partial charge on any atom is 0.341 e. The molecule has 0 radical (unpaired) electrons. The van der Waals surface area contributed by atoms with Crippen LogP contribution in [0.5, 0.6) is 0 Å². The fourth-order valence-electron chi connectivity index (χ4n) is 2.40. The summed E-state index contributed by atoms with van der Waals surface area (Å²) in [5.41, 5.74) is 1.50. The summed E-state index contributed by atoms with van der Waals surface area (Å²) < 4.78 is 6.83. The Hall–Kier alpha value is -1.40. The predicted molar refractivity (Wildman–Crippen MR) is 71.9 cm³/mol. The second-order valence-electron chi connectivity index (χ2n) is 4.94. The van der Waals surface area contributed by atoms with E-state index in [0.29, 0.717) is 18.2 Å². The molecule has 19 heavy (non-hydrogen) atoms. The molecule has 0 saturated carbocycles. The van der Waals surface area contributed by atoms with Gasteiger partial charge in [0.1, 0.15) is 5.56 Å². The Balaban J connectivity index is 2.10. The summed E-state index contributed by atoms with van der Waals surface area (Å²) in [7, 11) is 1.86. The molecule has 0 aliphatic carbocycles. The lowest BCUT2D eigenvalue weighted by molar-refractivity contribution is 0.0523. The van der Waals surface area contributed by atoms with E-state index in [2.05, 4.69) is 22.2 Å². The van der Waals surface area contributed by atoms with Gasteiger partial charge in [0.15, 0.2) is 0 Å². The van der Waals surface area contributed by atoms with Crippen LogP contribution in [0.1, 0.15) is 29.9 Å². The molecule has 6 nitrogen and oxygen atoms in total. The number of nitrogens with one attached hydrogen (secondary N) is 1. The average molecular weight is 266 g/mol. The number of carbonyl (C=O) groups is 1. The van der Waals surface area contributed by atoms with E-state index in [0.717, 1.165) is 31.9 Å². The van der Waals surface area contributed by atoms with Gasteiger partial charge in [-0.05, 0) is 13.8 Å². The van der Waals surface area contributed by atoms with Crippen molar-refractivity contribution in [2.24, 2.45) is 7.05 Å². The summed E-state index contributed by atoms with van der Waals surface area (Å²) in [5.74, 6) is -0.284. The normalized spacial score (nSPS) is 20.5. The quantitative estimate of drug-likeness (QED) is 0.799. The molecule has 2 heterocycles. The molecule has 1 aromatic rings. The van der Waals surface area contributed by atoms with Crippen LogP contribution in [0.3, 0.4) is 0 Å². The molecule has 0 bridgehead atoms. The molecule has 0 spiro atoms. The zero-order valence-electron chi connectivity index (χ0n) is 11.8. The van der Waals surface area contributed by atoms with Crippen LogP contribution in [-0.4, -0.2) is 52.9 Å². The maximum atomic E-state index is 11.9. The summed E-state index contributed by atoms with van der Waals surface area (Å²) in [6.07, 6.45) is 1.60. The first kappa shape index (κ1) is 14.0. The third-order valence-electron chi connectivity index (χ3n) is 3.38. The third-order valence-corrected chi connectivity index (χ3v) is 3.38. The van der Waals surface area contributed by atoms with Gasteiger partial charge in [-0.2, -0.15) is 5.10 Å². The van der Waals surface area contributed by atoms with Crippen molar-refractivity contribution < 1.29 is 9.53 Å². The second-order valence-corrected chi connectivity index (χ2v) is 4.94. The maximum absolute atomic E-state index is 11.9. The highest BCUT2D eigenvalue weighted by molar-refractivity contribution is 5.90. The first-order valence-corrected chi connectivity index (χ1v) is 6.75. The average Bonchev–Trinajstić information content (AvgIpc) is 2.72. The number of carbonyl (C=O) groups excluding carboxylic acids is 1. The van der Waals surface area contributed by atoms with Crippen LogP contribution in [0, 0.1) is 0 Å². The number of hydrogen-bond donors (Lipinski definition) is 1. The van der Waals surface area contributed by atoms with Gasteiger partial charge in [0.2, 0.25) is 0 Å². The summed E-state index contributed by atoms with van der Waals surface area (Å²) >= 11 is 0. The number of esters is 1. The van der Waals surface area contributed by atoms with E-state index in [1.165, 1.54) is 0 Å². The van der Waals surface area contributed by atoms with E-state index in [1.54, 1.807) is 10.9 Å². The molecule has 1 saturated heterocycles. The van der Waals surface area contributed by atoms with Crippen molar-refractivity contribution in [1.82, 2.24) is 20.0 Å². The van der Waals surface area contributed by atoms with Crippen molar-refractivity contribution in [3.8, 4) is 0 Å². The summed E-state index contributed by atoms with van der Waals surface area (Å²) in [5, 5.41) is 7.59. The third kappa shape index (κ3) is 3.33. The molecule has 1 fully saturated rings. The standard InChI is InChI=1S/C13H22N4O2/c1-4-19-13(18)11-7-15-16(3)12(11)9-17-6-5-14-10(2)8-17/h7,10,14H,4-6,8-9H2,1-3H3. The fourth-order valence-corrected chi connectivity index (χ4v) is 2.40. The Kier molecular flexibility index (Phi) is 4.55. The number of aryl methyl sites for hydroxylation is 1. The molecule has 2 rings (SSSR count). The Morgan fingerprint density at radius 3 is 3.11 bits per heavy atom. The SMILES string of the molecule is CCOC(=O)c1cnn(C)c1CN1CCNC(C)C1. The van der Waals surface area contributed by atoms with E-state index in [-0.39, 0.29) is 5.97 Å². The molecule has 0 amide bonds. The van der Waals surface area contributed by atoms with Crippen LogP contribution in [0.15, 0.2) is 6.20 Å². The van der Waals surface area contributed by atoms with E-state index >= 15 is 0 Å². The Morgan fingerprint density at radius 2 is 2.42 bits per heavy atom. The van der Waals surface area contributed by atoms with Crippen LogP contribution >= 0.6 is 0 Å². The molecule has 1 aliphatic rings. The Morgan fingerprint density at radius 1 is 1.63 bits per heavy atom. The summed E-state index contributed by atoms with van der Waals surface area (Å²) in [6.45, 7) is 8.04. The van der Waals surface area contributed by atoms with Gasteiger partial charge in [-0.15, -0.1) is 0 Å². The molecule has 0 aromatic carbocycles. The number of aromatic nitrogens is 2. The van der Waals surface area contributed by atoms with Crippen molar-refractivity contribution in [2.45, 2.75) is 26.4 Å². The lowest BCUT2D eigenvalue weighted by Crippen LogP contribution is -2.48. The van der Waals surface area contributed by atoms with Crippen LogP contribution in [-0.2, 0) is 18.3 Å². The molecular weight excluding hydrogens is 244 g/mol. The highest BCUT2D eigenvalue weighted by Gasteiger charge is 2.22. The first-order chi connectivity index (χ1) is 9.11. The number of nitrogens with zero attached hydrogens (tertiary/aromatic N) is 3. The van der Waals surface area contributed by atoms with Gasteiger partial charge in [-0.1, -0.05) is 0 Å². The van der Waals surface area contributed by atoms with Crippen LogP contribution in [0.2, 0.25) is 0 Å². The van der Waals surface area contributed by atoms with Crippen molar-refractivity contribution in [3.63, 3.8) is 0 Å². The van der Waals surface area contributed by atoms with Crippen LogP contribution < -0.4 is 5.32 Å². The monoisotopic (exact) mass is 266 g/mol. The minimum absolute atomic E-state index is 0.284. The molecule has 1 unspecified atom stereocenters. The smallest absolute Gasteiger partial charge is 0.341 e. The molecule has 6 heteroatoms. The second kappa shape index (κ2) is 6.16. The lowest BCUT2D eigenvalue weighted by Gasteiger charge is -2.31. The van der Waals surface area contributed by atoms with Gasteiger partial charge in [0.05, 0.1) is 18.5 Å². The first-order valence-electron chi connectivity index (χ1n) is 6.75. The fraction of sp³-hybridized carbons (Fsp3) is 0.692. The van der Waals surface area contributed by atoms with E-state index < -0.39 is 0 Å². The highest BCUT2D eigenvalue weighted by atomic mass is 16.5. The van der Waals surface area contributed by atoms with Gasteiger partial charge in [-0.25, -0.2) is 4.79 Å². The van der Waals surface area contributed by atoms with Crippen molar-refractivity contribution >= 4 is 5.97 Å². The lowest BCUT2D eigenvalue weighted by atomic mass is 10.2. The van der Waals surface area contributed by atoms with Crippen LogP contribution in [0.25, 0.3) is 0 Å². The zero-order chi connectivity index (χ0) is 13.8. The van der Waals surface area contributed by atoms with Crippen LogP contribution in [0.4, 0.5) is 0 Å². The number of ether oxygens (including phenoxy) is 1. The minimum atomic E-state index is -0.284. The number of piperazine rings is 1. The molecule has 1 atom stereocenters. The zero-order valence-corrected chi connectivity index (χ0v) is 11.8. The van der Waals surface area contributed by atoms with Gasteiger partial charge in [-0.3, -0.25) is 9.58 Å². The largest absolute Gasteiger partial charge is 0.462 e. The van der Waals surface area contributed by atoms with Gasteiger partial charge < -0.3 is 10.1 Å². The van der Waals surface area contributed by atoms with E-state index in [1.807, 2.05) is 14.0 Å². The minimum Gasteiger partial charge on any atom is -0.462 e. The van der Waals surface area contributed by atoms with Gasteiger partial charge in [0, 0.05) is 39.3 Å². The molecule has 1 aromatic heterocycles. The summed E-state index contributed by atoms with van der Waals surface area (Å²) in [6, 6.07) is 0.480.